The maximum absolute atomic E-state index is 12.2. The van der Waals surface area contributed by atoms with E-state index >= 15 is 0 Å². The number of carbonyl (C=O) groups excluding carboxylic acids is 1. The Labute approximate surface area is 129 Å². The highest BCUT2D eigenvalue weighted by molar-refractivity contribution is 7.92. The van der Waals surface area contributed by atoms with Crippen molar-refractivity contribution in [3.63, 3.8) is 0 Å². The maximum atomic E-state index is 12.2. The van der Waals surface area contributed by atoms with Gasteiger partial charge in [0, 0.05) is 12.6 Å². The molecule has 1 aromatic heterocycles. The zero-order chi connectivity index (χ0) is 15.6. The molecule has 0 aliphatic heterocycles. The van der Waals surface area contributed by atoms with Gasteiger partial charge in [-0.15, -0.1) is 11.3 Å². The smallest absolute Gasteiger partial charge is 0.263 e. The molecule has 0 unspecified atom stereocenters. The van der Waals surface area contributed by atoms with Crippen molar-refractivity contribution >= 4 is 37.8 Å². The van der Waals surface area contributed by atoms with Gasteiger partial charge in [-0.05, 0) is 19.3 Å². The lowest BCUT2D eigenvalue weighted by molar-refractivity contribution is 0.0958. The summed E-state index contributed by atoms with van der Waals surface area (Å²) in [5.41, 5.74) is 6.03. The minimum atomic E-state index is -3.47. The number of hydrogen-bond acceptors (Lipinski definition) is 6. The van der Waals surface area contributed by atoms with Crippen molar-refractivity contribution < 1.29 is 13.2 Å². The van der Waals surface area contributed by atoms with E-state index in [4.69, 9.17) is 5.73 Å². The Hall–Kier alpha value is -1.28. The number of nitrogens with two attached hydrogens (primary N) is 1. The molecule has 0 aromatic carbocycles. The molecular weight excluding hydrogens is 310 g/mol. The quantitative estimate of drug-likeness (QED) is 0.707. The van der Waals surface area contributed by atoms with Crippen LogP contribution in [0.3, 0.4) is 0 Å². The van der Waals surface area contributed by atoms with Crippen molar-refractivity contribution in [2.45, 2.75) is 44.0 Å². The van der Waals surface area contributed by atoms with Gasteiger partial charge in [0.25, 0.3) is 5.91 Å². The number of rotatable bonds is 7. The molecule has 0 bridgehead atoms. The molecule has 4 N–H and O–H groups in total. The van der Waals surface area contributed by atoms with Crippen LogP contribution < -0.4 is 16.4 Å². The van der Waals surface area contributed by atoms with Gasteiger partial charge in [-0.1, -0.05) is 13.8 Å². The van der Waals surface area contributed by atoms with Crippen molar-refractivity contribution in [2.24, 2.45) is 0 Å². The van der Waals surface area contributed by atoms with Crippen LogP contribution in [0.15, 0.2) is 4.90 Å². The third kappa shape index (κ3) is 3.49. The van der Waals surface area contributed by atoms with Crippen LogP contribution >= 0.6 is 11.3 Å². The number of sulfone groups is 1. The largest absolute Gasteiger partial charge is 0.396 e. The minimum absolute atomic E-state index is 0.0384. The van der Waals surface area contributed by atoms with E-state index in [0.29, 0.717) is 17.6 Å². The van der Waals surface area contributed by atoms with Gasteiger partial charge in [0.1, 0.15) is 14.8 Å². The van der Waals surface area contributed by atoms with Crippen LogP contribution in [0.4, 0.5) is 10.7 Å². The fraction of sp³-hybridized carbons (Fsp3) is 0.615. The third-order valence-corrected chi connectivity index (χ3v) is 6.32. The number of carbonyl (C=O) groups is 1. The maximum Gasteiger partial charge on any atom is 0.263 e. The van der Waals surface area contributed by atoms with Gasteiger partial charge in [-0.2, -0.15) is 0 Å². The predicted molar refractivity (Wildman–Crippen MR) is 85.7 cm³/mol. The third-order valence-electron chi connectivity index (χ3n) is 3.25. The minimum Gasteiger partial charge on any atom is -0.396 e. The molecule has 0 atom stereocenters. The molecule has 1 fully saturated rings. The molecule has 1 aliphatic rings. The Bertz CT molecular complexity index is 633. The summed E-state index contributed by atoms with van der Waals surface area (Å²) >= 11 is 1.13. The van der Waals surface area contributed by atoms with Gasteiger partial charge in [0.05, 0.1) is 11.4 Å². The van der Waals surface area contributed by atoms with Gasteiger partial charge >= 0.3 is 0 Å². The van der Waals surface area contributed by atoms with E-state index in [9.17, 15) is 13.2 Å². The lowest BCUT2D eigenvalue weighted by Crippen LogP contribution is -2.24. The first-order valence-corrected chi connectivity index (χ1v) is 9.57. The molecule has 118 valence electrons. The van der Waals surface area contributed by atoms with E-state index in [2.05, 4.69) is 10.6 Å². The van der Waals surface area contributed by atoms with Crippen molar-refractivity contribution in [3.8, 4) is 0 Å². The highest BCUT2D eigenvalue weighted by Gasteiger charge is 2.31. The van der Waals surface area contributed by atoms with Gasteiger partial charge in [0.2, 0.25) is 0 Å². The molecule has 2 rings (SSSR count). The molecule has 1 aromatic rings. The summed E-state index contributed by atoms with van der Waals surface area (Å²) in [6, 6.07) is 0.292. The van der Waals surface area contributed by atoms with Crippen LogP contribution in [0.1, 0.15) is 42.8 Å². The molecule has 0 radical (unpaired) electrons. The van der Waals surface area contributed by atoms with Crippen LogP contribution in [-0.2, 0) is 9.84 Å². The van der Waals surface area contributed by atoms with Crippen molar-refractivity contribution in [2.75, 3.05) is 23.3 Å². The average molecular weight is 331 g/mol. The van der Waals surface area contributed by atoms with Crippen LogP contribution in [0.25, 0.3) is 0 Å². The zero-order valence-electron chi connectivity index (χ0n) is 12.2. The summed E-state index contributed by atoms with van der Waals surface area (Å²) in [4.78, 5) is 12.5. The summed E-state index contributed by atoms with van der Waals surface area (Å²) in [5, 5.41) is 6.41. The van der Waals surface area contributed by atoms with Gasteiger partial charge in [0.15, 0.2) is 9.84 Å². The Morgan fingerprint density at radius 1 is 1.38 bits per heavy atom. The standard InChI is InChI=1S/C13H21N3O3S2/c1-3-7-15-12(17)10-9(14)11(21(18,19)4-2)13(20-10)16-8-5-6-8/h8,16H,3-7,14H2,1-2H3,(H,15,17). The lowest BCUT2D eigenvalue weighted by atomic mass is 10.3. The van der Waals surface area contributed by atoms with Crippen LogP contribution in [-0.4, -0.2) is 32.7 Å². The average Bonchev–Trinajstić information content (AvgIpc) is 3.18. The number of amides is 1. The van der Waals surface area contributed by atoms with Gasteiger partial charge in [-0.3, -0.25) is 4.79 Å². The topological polar surface area (TPSA) is 101 Å². The normalized spacial score (nSPS) is 15.0. The van der Waals surface area contributed by atoms with Crippen LogP contribution in [0.5, 0.6) is 0 Å². The number of nitrogen functional groups attached to an aromatic ring is 1. The van der Waals surface area contributed by atoms with E-state index in [1.807, 2.05) is 6.92 Å². The Morgan fingerprint density at radius 3 is 2.57 bits per heavy atom. The van der Waals surface area contributed by atoms with Crippen LogP contribution in [0, 0.1) is 0 Å². The summed E-state index contributed by atoms with van der Waals surface area (Å²) < 4.78 is 24.5. The first-order valence-electron chi connectivity index (χ1n) is 7.10. The second-order valence-electron chi connectivity index (χ2n) is 5.08. The molecule has 1 heterocycles. The summed E-state index contributed by atoms with van der Waals surface area (Å²) in [7, 11) is -3.47. The fourth-order valence-corrected chi connectivity index (χ4v) is 4.52. The van der Waals surface area contributed by atoms with Gasteiger partial charge < -0.3 is 16.4 Å². The van der Waals surface area contributed by atoms with Crippen molar-refractivity contribution in [1.82, 2.24) is 5.32 Å². The number of anilines is 2. The molecule has 0 saturated heterocycles. The number of thiophene rings is 1. The molecule has 1 saturated carbocycles. The number of hydrogen-bond donors (Lipinski definition) is 3. The highest BCUT2D eigenvalue weighted by atomic mass is 32.2. The van der Waals surface area contributed by atoms with E-state index in [1.165, 1.54) is 0 Å². The molecule has 0 spiro atoms. The van der Waals surface area contributed by atoms with Crippen molar-refractivity contribution in [1.29, 1.82) is 0 Å². The Balaban J connectivity index is 2.41. The second kappa shape index (κ2) is 6.23. The summed E-state index contributed by atoms with van der Waals surface area (Å²) in [5.74, 6) is -0.348. The molecule has 21 heavy (non-hydrogen) atoms. The molecule has 1 amide bonds. The first-order chi connectivity index (χ1) is 9.90. The highest BCUT2D eigenvalue weighted by Crippen LogP contribution is 2.41. The molecule has 1 aliphatic carbocycles. The Kier molecular flexibility index (Phi) is 4.77. The predicted octanol–water partition coefficient (Wildman–Crippen LogP) is 1.84. The van der Waals surface area contributed by atoms with Crippen molar-refractivity contribution in [3.05, 3.63) is 4.88 Å². The molecular formula is C13H21N3O3S2. The van der Waals surface area contributed by atoms with E-state index in [0.717, 1.165) is 30.6 Å². The first kappa shape index (κ1) is 16.1. The second-order valence-corrected chi connectivity index (χ2v) is 8.32. The zero-order valence-corrected chi connectivity index (χ0v) is 13.9. The van der Waals surface area contributed by atoms with Gasteiger partial charge in [-0.25, -0.2) is 8.42 Å². The van der Waals surface area contributed by atoms with E-state index in [-0.39, 0.29) is 27.1 Å². The SMILES string of the molecule is CCCNC(=O)c1sc(NC2CC2)c(S(=O)(=O)CC)c1N. The Morgan fingerprint density at radius 2 is 2.05 bits per heavy atom. The fourth-order valence-electron chi connectivity index (χ4n) is 1.88. The number of nitrogens with one attached hydrogen (secondary N) is 2. The van der Waals surface area contributed by atoms with Crippen LogP contribution in [0.2, 0.25) is 0 Å². The summed E-state index contributed by atoms with van der Waals surface area (Å²) in [6.45, 7) is 4.06. The van der Waals surface area contributed by atoms with E-state index < -0.39 is 9.84 Å². The van der Waals surface area contributed by atoms with E-state index in [1.54, 1.807) is 6.92 Å². The molecule has 6 nitrogen and oxygen atoms in total. The lowest BCUT2D eigenvalue weighted by Gasteiger charge is -2.06. The summed E-state index contributed by atoms with van der Waals surface area (Å²) in [6.07, 6.45) is 2.84. The molecule has 8 heteroatoms. The monoisotopic (exact) mass is 331 g/mol.